The van der Waals surface area contributed by atoms with Crippen molar-refractivity contribution in [2.24, 2.45) is 5.73 Å². The number of esters is 1. The molecule has 0 aliphatic heterocycles. The molecule has 5 heteroatoms. The monoisotopic (exact) mass is 291 g/mol. The highest BCUT2D eigenvalue weighted by atomic mass is 79.9. The molecule has 0 heterocycles. The Hall–Kier alpha value is -0.580. The van der Waals surface area contributed by atoms with Gasteiger partial charge in [0.05, 0.1) is 7.11 Å². The van der Waals surface area contributed by atoms with Crippen LogP contribution in [0.15, 0.2) is 22.7 Å². The zero-order valence-electron chi connectivity index (χ0n) is 8.17. The third kappa shape index (κ3) is 3.48. The third-order valence-corrected chi connectivity index (χ3v) is 2.81. The van der Waals surface area contributed by atoms with Crippen LogP contribution in [0.25, 0.3) is 0 Å². The van der Waals surface area contributed by atoms with Crippen molar-refractivity contribution in [3.8, 4) is 0 Å². The topological polar surface area (TPSA) is 52.3 Å². The molecule has 0 radical (unpaired) electrons. The van der Waals surface area contributed by atoms with Gasteiger partial charge in [-0.1, -0.05) is 27.5 Å². The summed E-state index contributed by atoms with van der Waals surface area (Å²) in [5, 5.41) is 0.595. The molecule has 0 fully saturated rings. The van der Waals surface area contributed by atoms with Gasteiger partial charge in [0.1, 0.15) is 6.04 Å². The molecule has 0 aliphatic carbocycles. The smallest absolute Gasteiger partial charge is 0.322 e. The minimum Gasteiger partial charge on any atom is -0.468 e. The van der Waals surface area contributed by atoms with E-state index in [9.17, 15) is 4.79 Å². The van der Waals surface area contributed by atoms with Crippen LogP contribution >= 0.6 is 27.5 Å². The number of halogens is 2. The van der Waals surface area contributed by atoms with Crippen LogP contribution in [0.3, 0.4) is 0 Å². The summed E-state index contributed by atoms with van der Waals surface area (Å²) >= 11 is 9.28. The molecule has 3 nitrogen and oxygen atoms in total. The Morgan fingerprint density at radius 1 is 1.67 bits per heavy atom. The molecule has 15 heavy (non-hydrogen) atoms. The van der Waals surface area contributed by atoms with Crippen molar-refractivity contribution in [2.45, 2.75) is 12.5 Å². The largest absolute Gasteiger partial charge is 0.468 e. The normalized spacial score (nSPS) is 12.3. The molecule has 1 atom stereocenters. The molecule has 0 aromatic heterocycles. The zero-order valence-corrected chi connectivity index (χ0v) is 10.5. The third-order valence-electron chi connectivity index (χ3n) is 1.95. The average molecular weight is 293 g/mol. The van der Waals surface area contributed by atoms with Crippen LogP contribution in [-0.2, 0) is 16.0 Å². The van der Waals surface area contributed by atoms with Crippen molar-refractivity contribution in [1.29, 1.82) is 0 Å². The highest BCUT2D eigenvalue weighted by molar-refractivity contribution is 9.10. The minimum atomic E-state index is -0.679. The lowest BCUT2D eigenvalue weighted by Crippen LogP contribution is -2.33. The van der Waals surface area contributed by atoms with E-state index in [1.54, 1.807) is 6.07 Å². The lowest BCUT2D eigenvalue weighted by molar-refractivity contribution is -0.142. The maximum atomic E-state index is 11.1. The molecule has 0 spiro atoms. The van der Waals surface area contributed by atoms with Gasteiger partial charge >= 0.3 is 5.97 Å². The van der Waals surface area contributed by atoms with Gasteiger partial charge in [-0.15, -0.1) is 0 Å². The molecule has 0 amide bonds. The number of benzene rings is 1. The second kappa shape index (κ2) is 5.49. The fourth-order valence-corrected chi connectivity index (χ4v) is 1.77. The van der Waals surface area contributed by atoms with E-state index in [-0.39, 0.29) is 0 Å². The summed E-state index contributed by atoms with van der Waals surface area (Å²) < 4.78 is 5.44. The molecule has 2 N–H and O–H groups in total. The first kappa shape index (κ1) is 12.5. The molecule has 1 aromatic carbocycles. The molecule has 1 rings (SSSR count). The van der Waals surface area contributed by atoms with E-state index in [0.29, 0.717) is 11.4 Å². The van der Waals surface area contributed by atoms with E-state index in [2.05, 4.69) is 20.7 Å². The number of carbonyl (C=O) groups excluding carboxylic acids is 1. The Morgan fingerprint density at radius 3 is 2.93 bits per heavy atom. The summed E-state index contributed by atoms with van der Waals surface area (Å²) in [6.45, 7) is 0. The summed E-state index contributed by atoms with van der Waals surface area (Å²) in [6, 6.07) is 4.74. The van der Waals surface area contributed by atoms with Gasteiger partial charge in [-0.2, -0.15) is 0 Å². The maximum absolute atomic E-state index is 11.1. The number of methoxy groups -OCH3 is 1. The number of rotatable bonds is 3. The summed E-state index contributed by atoms with van der Waals surface area (Å²) in [4.78, 5) is 11.1. The fraction of sp³-hybridized carbons (Fsp3) is 0.300. The Morgan fingerprint density at radius 2 is 2.33 bits per heavy atom. The predicted molar refractivity (Wildman–Crippen MR) is 62.8 cm³/mol. The van der Waals surface area contributed by atoms with E-state index in [1.165, 1.54) is 7.11 Å². The molecule has 0 bridgehead atoms. The number of carbonyl (C=O) groups is 1. The van der Waals surface area contributed by atoms with Gasteiger partial charge in [0.25, 0.3) is 0 Å². The number of ether oxygens (including phenoxy) is 1. The first-order valence-electron chi connectivity index (χ1n) is 4.32. The maximum Gasteiger partial charge on any atom is 0.322 e. The van der Waals surface area contributed by atoms with Crippen molar-refractivity contribution in [3.05, 3.63) is 33.3 Å². The Bertz CT molecular complexity index is 370. The molecule has 0 aliphatic rings. The number of hydrogen-bond donors (Lipinski definition) is 1. The Kier molecular flexibility index (Phi) is 4.57. The van der Waals surface area contributed by atoms with Crippen LogP contribution in [-0.4, -0.2) is 19.1 Å². The van der Waals surface area contributed by atoms with Crippen molar-refractivity contribution >= 4 is 33.5 Å². The molecule has 0 saturated carbocycles. The second-order valence-corrected chi connectivity index (χ2v) is 4.39. The first-order chi connectivity index (χ1) is 7.04. The van der Waals surface area contributed by atoms with Crippen LogP contribution in [0.2, 0.25) is 5.02 Å². The molecule has 1 unspecified atom stereocenters. The summed E-state index contributed by atoms with van der Waals surface area (Å²) in [6.07, 6.45) is 0.366. The van der Waals surface area contributed by atoms with Crippen LogP contribution in [0, 0.1) is 0 Å². The van der Waals surface area contributed by atoms with Crippen molar-refractivity contribution in [2.75, 3.05) is 7.11 Å². The Balaban J connectivity index is 2.80. The van der Waals surface area contributed by atoms with E-state index in [4.69, 9.17) is 17.3 Å². The zero-order chi connectivity index (χ0) is 11.4. The summed E-state index contributed by atoms with van der Waals surface area (Å²) in [5.41, 5.74) is 6.45. The molecular weight excluding hydrogens is 281 g/mol. The minimum absolute atomic E-state index is 0.366. The van der Waals surface area contributed by atoms with Gasteiger partial charge in [0.2, 0.25) is 0 Å². The van der Waals surface area contributed by atoms with Gasteiger partial charge in [-0.3, -0.25) is 4.79 Å². The van der Waals surface area contributed by atoms with Crippen molar-refractivity contribution in [3.63, 3.8) is 0 Å². The molecule has 82 valence electrons. The van der Waals surface area contributed by atoms with E-state index in [0.717, 1.165) is 10.0 Å². The Labute approximate surface area is 102 Å². The lowest BCUT2D eigenvalue weighted by Gasteiger charge is -2.10. The van der Waals surface area contributed by atoms with Gasteiger partial charge in [-0.25, -0.2) is 0 Å². The van der Waals surface area contributed by atoms with Gasteiger partial charge in [-0.05, 0) is 30.2 Å². The SMILES string of the molecule is COC(=O)C(N)Cc1cc(Br)ccc1Cl. The number of hydrogen-bond acceptors (Lipinski definition) is 3. The predicted octanol–water partition coefficient (Wildman–Crippen LogP) is 2.15. The standard InChI is InChI=1S/C10H11BrClNO2/c1-15-10(14)9(13)5-6-4-7(11)2-3-8(6)12/h2-4,9H,5,13H2,1H3. The van der Waals surface area contributed by atoms with Gasteiger partial charge < -0.3 is 10.5 Å². The quantitative estimate of drug-likeness (QED) is 0.869. The van der Waals surface area contributed by atoms with Crippen LogP contribution in [0.5, 0.6) is 0 Å². The number of nitrogens with two attached hydrogens (primary N) is 1. The first-order valence-corrected chi connectivity index (χ1v) is 5.49. The van der Waals surface area contributed by atoms with Crippen LogP contribution < -0.4 is 5.73 Å². The molecular formula is C10H11BrClNO2. The second-order valence-electron chi connectivity index (χ2n) is 3.07. The summed E-state index contributed by atoms with van der Waals surface area (Å²) in [7, 11) is 1.31. The highest BCUT2D eigenvalue weighted by Crippen LogP contribution is 2.22. The molecule has 0 saturated heterocycles. The fourth-order valence-electron chi connectivity index (χ4n) is 1.17. The van der Waals surface area contributed by atoms with Crippen LogP contribution in [0.4, 0.5) is 0 Å². The van der Waals surface area contributed by atoms with Crippen molar-refractivity contribution < 1.29 is 9.53 Å². The average Bonchev–Trinajstić information content (AvgIpc) is 2.22. The van der Waals surface area contributed by atoms with Gasteiger partial charge in [0, 0.05) is 9.50 Å². The van der Waals surface area contributed by atoms with E-state index < -0.39 is 12.0 Å². The molecule has 1 aromatic rings. The van der Waals surface area contributed by atoms with Crippen LogP contribution in [0.1, 0.15) is 5.56 Å². The van der Waals surface area contributed by atoms with E-state index in [1.807, 2.05) is 12.1 Å². The lowest BCUT2D eigenvalue weighted by atomic mass is 10.1. The van der Waals surface area contributed by atoms with Crippen molar-refractivity contribution in [1.82, 2.24) is 0 Å². The van der Waals surface area contributed by atoms with E-state index >= 15 is 0 Å². The highest BCUT2D eigenvalue weighted by Gasteiger charge is 2.15. The summed E-state index contributed by atoms with van der Waals surface area (Å²) in [5.74, 6) is -0.439. The van der Waals surface area contributed by atoms with Gasteiger partial charge in [0.15, 0.2) is 0 Å².